The Balaban J connectivity index is 2.30. The van der Waals surface area contributed by atoms with E-state index >= 15 is 0 Å². The summed E-state index contributed by atoms with van der Waals surface area (Å²) in [5, 5.41) is 1.87. The second-order valence-electron chi connectivity index (χ2n) is 3.74. The van der Waals surface area contributed by atoms with Gasteiger partial charge in [-0.2, -0.15) is 0 Å². The van der Waals surface area contributed by atoms with Crippen molar-refractivity contribution in [1.82, 2.24) is 0 Å². The highest BCUT2D eigenvalue weighted by atomic mass is 32.2. The SMILES string of the molecule is CSc1sccc1NS(=O)(=O)c1ccc(C)cc1. The van der Waals surface area contributed by atoms with Gasteiger partial charge in [0.25, 0.3) is 10.0 Å². The van der Waals surface area contributed by atoms with Crippen molar-refractivity contribution < 1.29 is 8.42 Å². The van der Waals surface area contributed by atoms with Gasteiger partial charge in [0.05, 0.1) is 14.8 Å². The molecule has 0 atom stereocenters. The number of hydrogen-bond donors (Lipinski definition) is 1. The smallest absolute Gasteiger partial charge is 0.261 e. The van der Waals surface area contributed by atoms with Crippen molar-refractivity contribution in [3.05, 3.63) is 41.3 Å². The molecule has 0 amide bonds. The number of rotatable bonds is 4. The molecule has 96 valence electrons. The fraction of sp³-hybridized carbons (Fsp3) is 0.167. The molecule has 0 fully saturated rings. The first-order chi connectivity index (χ1) is 8.53. The lowest BCUT2D eigenvalue weighted by atomic mass is 10.2. The number of aryl methyl sites for hydroxylation is 1. The van der Waals surface area contributed by atoms with Crippen LogP contribution in [0, 0.1) is 6.92 Å². The number of thioether (sulfide) groups is 1. The topological polar surface area (TPSA) is 46.2 Å². The minimum absolute atomic E-state index is 0.284. The van der Waals surface area contributed by atoms with Gasteiger partial charge < -0.3 is 0 Å². The summed E-state index contributed by atoms with van der Waals surface area (Å²) in [6, 6.07) is 8.59. The Morgan fingerprint density at radius 1 is 1.17 bits per heavy atom. The van der Waals surface area contributed by atoms with E-state index in [4.69, 9.17) is 0 Å². The molecule has 1 N–H and O–H groups in total. The van der Waals surface area contributed by atoms with Crippen molar-refractivity contribution in [1.29, 1.82) is 0 Å². The molecule has 3 nitrogen and oxygen atoms in total. The highest BCUT2D eigenvalue weighted by Gasteiger charge is 2.16. The summed E-state index contributed by atoms with van der Waals surface area (Å²) in [4.78, 5) is 0.284. The monoisotopic (exact) mass is 299 g/mol. The standard InChI is InChI=1S/C12H13NO2S3/c1-9-3-5-10(6-4-9)18(14,15)13-11-7-8-17-12(11)16-2/h3-8,13H,1-2H3. The molecule has 6 heteroatoms. The molecule has 0 aliphatic rings. The van der Waals surface area contributed by atoms with Crippen molar-refractivity contribution in [2.75, 3.05) is 11.0 Å². The zero-order chi connectivity index (χ0) is 13.2. The van der Waals surface area contributed by atoms with Crippen LogP contribution in [-0.4, -0.2) is 14.7 Å². The van der Waals surface area contributed by atoms with Crippen LogP contribution in [0.5, 0.6) is 0 Å². The lowest BCUT2D eigenvalue weighted by molar-refractivity contribution is 0.601. The fourth-order valence-corrected chi connectivity index (χ4v) is 4.12. The molecule has 0 radical (unpaired) electrons. The predicted octanol–water partition coefficient (Wildman–Crippen LogP) is 3.58. The van der Waals surface area contributed by atoms with Crippen LogP contribution in [0.2, 0.25) is 0 Å². The minimum Gasteiger partial charge on any atom is -0.278 e. The van der Waals surface area contributed by atoms with E-state index in [-0.39, 0.29) is 4.90 Å². The second-order valence-corrected chi connectivity index (χ2v) is 7.42. The average molecular weight is 299 g/mol. The first-order valence-corrected chi connectivity index (χ1v) is 8.82. The molecule has 0 saturated carbocycles. The molecule has 1 aromatic heterocycles. The molecule has 0 saturated heterocycles. The van der Waals surface area contributed by atoms with E-state index in [0.717, 1.165) is 9.77 Å². The maximum Gasteiger partial charge on any atom is 0.261 e. The summed E-state index contributed by atoms with van der Waals surface area (Å²) < 4.78 is 27.9. The summed E-state index contributed by atoms with van der Waals surface area (Å²) in [5.41, 5.74) is 1.68. The van der Waals surface area contributed by atoms with Gasteiger partial charge >= 0.3 is 0 Å². The number of hydrogen-bond acceptors (Lipinski definition) is 4. The van der Waals surface area contributed by atoms with E-state index < -0.39 is 10.0 Å². The molecular formula is C12H13NO2S3. The van der Waals surface area contributed by atoms with E-state index in [2.05, 4.69) is 4.72 Å². The quantitative estimate of drug-likeness (QED) is 0.878. The van der Waals surface area contributed by atoms with Gasteiger partial charge in [-0.15, -0.1) is 23.1 Å². The number of thiophene rings is 1. The number of benzene rings is 1. The van der Waals surface area contributed by atoms with Crippen molar-refractivity contribution in [2.24, 2.45) is 0 Å². The lowest BCUT2D eigenvalue weighted by Gasteiger charge is -2.08. The van der Waals surface area contributed by atoms with Gasteiger partial charge in [-0.25, -0.2) is 8.42 Å². The first kappa shape index (κ1) is 13.5. The Kier molecular flexibility index (Phi) is 3.99. The van der Waals surface area contributed by atoms with Crippen molar-refractivity contribution in [3.8, 4) is 0 Å². The molecule has 1 aromatic carbocycles. The first-order valence-electron chi connectivity index (χ1n) is 5.24. The third-order valence-electron chi connectivity index (χ3n) is 2.39. The Morgan fingerprint density at radius 2 is 1.83 bits per heavy atom. The Hall–Kier alpha value is -0.980. The Labute approximate surface area is 115 Å². The van der Waals surface area contributed by atoms with E-state index in [1.165, 1.54) is 23.1 Å². The van der Waals surface area contributed by atoms with Crippen LogP contribution in [-0.2, 0) is 10.0 Å². The van der Waals surface area contributed by atoms with Gasteiger partial charge in [-0.05, 0) is 36.8 Å². The van der Waals surface area contributed by atoms with Gasteiger partial charge in [0.2, 0.25) is 0 Å². The highest BCUT2D eigenvalue weighted by molar-refractivity contribution is 8.00. The maximum atomic E-state index is 12.2. The molecule has 2 aromatic rings. The van der Waals surface area contributed by atoms with Gasteiger partial charge in [-0.3, -0.25) is 4.72 Å². The number of anilines is 1. The largest absolute Gasteiger partial charge is 0.278 e. The normalized spacial score (nSPS) is 11.4. The Bertz CT molecular complexity index is 630. The van der Waals surface area contributed by atoms with Crippen LogP contribution in [0.25, 0.3) is 0 Å². The van der Waals surface area contributed by atoms with E-state index in [0.29, 0.717) is 5.69 Å². The molecule has 0 unspecified atom stereocenters. The van der Waals surface area contributed by atoms with Crippen LogP contribution in [0.15, 0.2) is 44.8 Å². The molecular weight excluding hydrogens is 286 g/mol. The summed E-state index contributed by atoms with van der Waals surface area (Å²) in [7, 11) is -3.49. The average Bonchev–Trinajstić information content (AvgIpc) is 2.76. The summed E-state index contributed by atoms with van der Waals surface area (Å²) in [5.74, 6) is 0. The number of nitrogens with one attached hydrogen (secondary N) is 1. The second kappa shape index (κ2) is 5.34. The fourth-order valence-electron chi connectivity index (χ4n) is 1.45. The van der Waals surface area contributed by atoms with Crippen LogP contribution in [0.4, 0.5) is 5.69 Å². The summed E-state index contributed by atoms with van der Waals surface area (Å²) in [6.07, 6.45) is 1.93. The van der Waals surface area contributed by atoms with E-state index in [1.54, 1.807) is 30.3 Å². The minimum atomic E-state index is -3.49. The summed E-state index contributed by atoms with van der Waals surface area (Å²) in [6.45, 7) is 1.93. The van der Waals surface area contributed by atoms with Crippen LogP contribution in [0.1, 0.15) is 5.56 Å². The molecule has 0 aliphatic carbocycles. The van der Waals surface area contributed by atoms with Gasteiger partial charge in [0.1, 0.15) is 0 Å². The van der Waals surface area contributed by atoms with Crippen LogP contribution < -0.4 is 4.72 Å². The van der Waals surface area contributed by atoms with Gasteiger partial charge in [-0.1, -0.05) is 17.7 Å². The maximum absolute atomic E-state index is 12.2. The van der Waals surface area contributed by atoms with Crippen LogP contribution >= 0.6 is 23.1 Å². The third-order valence-corrected chi connectivity index (χ3v) is 5.86. The van der Waals surface area contributed by atoms with Crippen molar-refractivity contribution >= 4 is 38.8 Å². The molecule has 2 rings (SSSR count). The molecule has 0 bridgehead atoms. The molecule has 0 aliphatic heterocycles. The molecule has 18 heavy (non-hydrogen) atoms. The summed E-state index contributed by atoms with van der Waals surface area (Å²) >= 11 is 3.06. The van der Waals surface area contributed by atoms with Crippen LogP contribution in [0.3, 0.4) is 0 Å². The Morgan fingerprint density at radius 3 is 2.44 bits per heavy atom. The molecule has 1 heterocycles. The zero-order valence-electron chi connectivity index (χ0n) is 10.0. The van der Waals surface area contributed by atoms with E-state index in [1.807, 2.05) is 18.6 Å². The highest BCUT2D eigenvalue weighted by Crippen LogP contribution is 2.32. The van der Waals surface area contributed by atoms with Gasteiger partial charge in [0.15, 0.2) is 0 Å². The molecule has 0 spiro atoms. The predicted molar refractivity (Wildman–Crippen MR) is 78.1 cm³/mol. The van der Waals surface area contributed by atoms with Crippen molar-refractivity contribution in [3.63, 3.8) is 0 Å². The van der Waals surface area contributed by atoms with E-state index in [9.17, 15) is 8.42 Å². The third kappa shape index (κ3) is 2.88. The lowest BCUT2D eigenvalue weighted by Crippen LogP contribution is -2.12. The number of sulfonamides is 1. The zero-order valence-corrected chi connectivity index (χ0v) is 12.5. The van der Waals surface area contributed by atoms with Gasteiger partial charge in [0, 0.05) is 0 Å². The van der Waals surface area contributed by atoms with Crippen molar-refractivity contribution in [2.45, 2.75) is 16.0 Å².